The second-order valence-corrected chi connectivity index (χ2v) is 28.8. The summed E-state index contributed by atoms with van der Waals surface area (Å²) in [6, 6.07) is 0. The van der Waals surface area contributed by atoms with Crippen molar-refractivity contribution in [1.82, 2.24) is 0 Å². The Hall–Kier alpha value is -4.80. The van der Waals surface area contributed by atoms with E-state index in [4.69, 9.17) is 37.0 Å². The average Bonchev–Trinajstić information content (AvgIpc) is 0.909. The number of unbranched alkanes of at least 4 members (excludes halogenated alkanes) is 25. The summed E-state index contributed by atoms with van der Waals surface area (Å²) < 4.78 is 68.5. The largest absolute Gasteiger partial charge is 0.472 e. The molecule has 0 aliphatic rings. The van der Waals surface area contributed by atoms with E-state index in [0.29, 0.717) is 32.1 Å². The van der Waals surface area contributed by atoms with Crippen LogP contribution in [0.5, 0.6) is 0 Å². The fraction of sp³-hybridized carbons (Fsp3) is 0.687. The lowest BCUT2D eigenvalue weighted by Gasteiger charge is -2.21. The highest BCUT2D eigenvalue weighted by Gasteiger charge is 2.30. The zero-order chi connectivity index (χ0) is 74.6. The summed E-state index contributed by atoms with van der Waals surface area (Å²) in [4.78, 5) is 72.9. The lowest BCUT2D eigenvalue weighted by Crippen LogP contribution is -2.30. The van der Waals surface area contributed by atoms with Crippen molar-refractivity contribution >= 4 is 39.5 Å². The third-order valence-corrected chi connectivity index (χ3v) is 18.0. The van der Waals surface area contributed by atoms with Crippen LogP contribution >= 0.6 is 15.6 Å². The number of hydrogen-bond acceptors (Lipinski definition) is 15. The highest BCUT2D eigenvalue weighted by Crippen LogP contribution is 2.45. The molecule has 0 aromatic carbocycles. The quantitative estimate of drug-likeness (QED) is 0.0169. The second-order valence-electron chi connectivity index (χ2n) is 25.9. The molecular weight excluding hydrogens is 1330 g/mol. The molecule has 0 aromatic heterocycles. The van der Waals surface area contributed by atoms with Crippen LogP contribution in [0.4, 0.5) is 0 Å². The van der Waals surface area contributed by atoms with Gasteiger partial charge in [0.2, 0.25) is 0 Å². The number of ether oxygens (including phenoxy) is 4. The number of rotatable bonds is 73. The summed E-state index contributed by atoms with van der Waals surface area (Å²) in [5.41, 5.74) is 0. The summed E-state index contributed by atoms with van der Waals surface area (Å²) in [5, 5.41) is 10.6. The van der Waals surface area contributed by atoms with Gasteiger partial charge in [0.25, 0.3) is 0 Å². The normalized spacial score (nSPS) is 14.6. The monoisotopic (exact) mass is 1470 g/mol. The molecule has 3 N–H and O–H groups in total. The molecule has 584 valence electrons. The van der Waals surface area contributed by atoms with Crippen LogP contribution in [0.25, 0.3) is 0 Å². The number of esters is 4. The molecule has 0 saturated heterocycles. The Kier molecular flexibility index (Phi) is 71.0. The zero-order valence-electron chi connectivity index (χ0n) is 63.7. The van der Waals surface area contributed by atoms with Crippen LogP contribution < -0.4 is 0 Å². The number of carbonyl (C=O) groups excluding carboxylic acids is 4. The Balaban J connectivity index is 5.42. The van der Waals surface area contributed by atoms with Crippen molar-refractivity contribution in [2.24, 2.45) is 0 Å². The van der Waals surface area contributed by atoms with Gasteiger partial charge in [0.15, 0.2) is 12.2 Å². The van der Waals surface area contributed by atoms with Crippen molar-refractivity contribution in [2.45, 2.75) is 329 Å². The van der Waals surface area contributed by atoms with E-state index in [1.807, 2.05) is 0 Å². The maximum Gasteiger partial charge on any atom is 0.472 e. The number of aliphatic hydroxyl groups is 1. The number of phosphoric acid groups is 2. The molecule has 17 nitrogen and oxygen atoms in total. The second kappa shape index (κ2) is 74.5. The van der Waals surface area contributed by atoms with Crippen molar-refractivity contribution in [2.75, 3.05) is 39.6 Å². The van der Waals surface area contributed by atoms with Crippen molar-refractivity contribution in [3.05, 3.63) is 134 Å². The Morgan fingerprint density at radius 3 is 0.824 bits per heavy atom. The lowest BCUT2D eigenvalue weighted by atomic mass is 10.0. The van der Waals surface area contributed by atoms with E-state index in [9.17, 15) is 43.2 Å². The molecule has 0 aromatic rings. The Labute approximate surface area is 618 Å². The Bertz CT molecular complexity index is 2460. The predicted molar refractivity (Wildman–Crippen MR) is 418 cm³/mol. The summed E-state index contributed by atoms with van der Waals surface area (Å²) >= 11 is 0. The molecule has 0 bridgehead atoms. The van der Waals surface area contributed by atoms with Gasteiger partial charge in [-0.05, 0) is 141 Å². The van der Waals surface area contributed by atoms with Crippen LogP contribution in [-0.2, 0) is 65.4 Å². The third-order valence-electron chi connectivity index (χ3n) is 16.1. The first-order valence-electron chi connectivity index (χ1n) is 39.4. The SMILES string of the molecule is CC/C=C\C/C=C\C/C=C\C/C=C\CCCCC(=O)OCC(COP(=O)(O)OCC(O)COP(=O)(O)OCC(COC(=O)CCCCCCCC/C=C\C/C=C\C/C=C\CCCCC)OC(=O)CCCC/C=C\C/C=C\C/C=C\C/C=C\CC)OC(=O)CCCCCCCCCCCCCCC. The van der Waals surface area contributed by atoms with Gasteiger partial charge in [0, 0.05) is 25.7 Å². The maximum atomic E-state index is 13.1. The standard InChI is InChI=1S/C83H140O17P2/c1-5-9-13-17-21-25-29-33-36-37-38-39-42-45-48-52-56-60-64-68-81(86)94-74-79(100-83(88)70-66-62-58-54-50-46-41-35-31-27-23-19-15-11-7-3)76-98-102(91,92)96-72-77(84)71-95-101(89,90)97-75-78(99-82(87)69-65-61-57-53-49-43-32-28-24-20-16-12-8-4)73-93-80(85)67-63-59-55-51-47-44-40-34-30-26-22-18-14-10-6-2/h10-11,14-15,21-23,25-27,33-36,38-41,47,50-51,54,77-79,84H,5-9,12-13,16-20,24,28-32,37,42-46,48-49,52-53,55-76H2,1-4H3,(H,89,90)(H,91,92)/b14-10-,15-11-,25-21-,26-22-,27-23-,36-33-,39-38-,40-34-,41-35-,51-47-,54-50-. The molecule has 0 spiro atoms. The van der Waals surface area contributed by atoms with Gasteiger partial charge in [-0.25, -0.2) is 9.13 Å². The van der Waals surface area contributed by atoms with Gasteiger partial charge in [-0.15, -0.1) is 0 Å². The van der Waals surface area contributed by atoms with Gasteiger partial charge in [0.05, 0.1) is 26.4 Å². The number of aliphatic hydroxyl groups excluding tert-OH is 1. The van der Waals surface area contributed by atoms with E-state index in [1.165, 1.54) is 70.6 Å². The van der Waals surface area contributed by atoms with Gasteiger partial charge >= 0.3 is 39.5 Å². The van der Waals surface area contributed by atoms with Crippen molar-refractivity contribution in [1.29, 1.82) is 0 Å². The van der Waals surface area contributed by atoms with Crippen molar-refractivity contribution in [3.8, 4) is 0 Å². The Morgan fingerprint density at radius 1 is 0.284 bits per heavy atom. The van der Waals surface area contributed by atoms with E-state index in [1.54, 1.807) is 0 Å². The molecule has 0 aliphatic carbocycles. The number of allylic oxidation sites excluding steroid dienone is 22. The van der Waals surface area contributed by atoms with Crippen molar-refractivity contribution < 1.29 is 80.2 Å². The molecule has 19 heteroatoms. The van der Waals surface area contributed by atoms with Crippen LogP contribution in [0.3, 0.4) is 0 Å². The van der Waals surface area contributed by atoms with Crippen LogP contribution in [0.2, 0.25) is 0 Å². The lowest BCUT2D eigenvalue weighted by molar-refractivity contribution is -0.161. The van der Waals surface area contributed by atoms with Crippen LogP contribution in [0.1, 0.15) is 310 Å². The van der Waals surface area contributed by atoms with E-state index in [2.05, 4.69) is 161 Å². The molecule has 0 radical (unpaired) electrons. The van der Waals surface area contributed by atoms with E-state index >= 15 is 0 Å². The van der Waals surface area contributed by atoms with Crippen molar-refractivity contribution in [3.63, 3.8) is 0 Å². The zero-order valence-corrected chi connectivity index (χ0v) is 65.5. The van der Waals surface area contributed by atoms with Crippen LogP contribution in [-0.4, -0.2) is 96.7 Å². The highest BCUT2D eigenvalue weighted by atomic mass is 31.2. The Morgan fingerprint density at radius 2 is 0.510 bits per heavy atom. The molecule has 0 amide bonds. The summed E-state index contributed by atoms with van der Waals surface area (Å²) in [7, 11) is -9.98. The molecule has 0 aliphatic heterocycles. The van der Waals surface area contributed by atoms with Gasteiger partial charge < -0.3 is 33.8 Å². The number of hydrogen-bond donors (Lipinski definition) is 3. The minimum Gasteiger partial charge on any atom is -0.462 e. The first-order chi connectivity index (χ1) is 49.7. The molecular formula is C83H140O17P2. The summed E-state index contributed by atoms with van der Waals surface area (Å²) in [6.07, 6.45) is 83.0. The maximum absolute atomic E-state index is 13.1. The molecule has 0 rings (SSSR count). The first-order valence-corrected chi connectivity index (χ1v) is 42.4. The topological polar surface area (TPSA) is 237 Å². The van der Waals surface area contributed by atoms with E-state index < -0.39 is 97.5 Å². The van der Waals surface area contributed by atoms with Crippen LogP contribution in [0.15, 0.2) is 134 Å². The minimum absolute atomic E-state index is 0.0360. The average molecular weight is 1470 g/mol. The van der Waals surface area contributed by atoms with Crippen LogP contribution in [0, 0.1) is 0 Å². The fourth-order valence-corrected chi connectivity index (χ4v) is 11.7. The fourth-order valence-electron chi connectivity index (χ4n) is 10.1. The van der Waals surface area contributed by atoms with E-state index in [-0.39, 0.29) is 25.7 Å². The number of phosphoric ester groups is 2. The first kappa shape index (κ1) is 97.2. The smallest absolute Gasteiger partial charge is 0.462 e. The molecule has 0 heterocycles. The van der Waals surface area contributed by atoms with Gasteiger partial charge in [-0.2, -0.15) is 0 Å². The summed E-state index contributed by atoms with van der Waals surface area (Å²) in [6.45, 7) is 4.52. The van der Waals surface area contributed by atoms with Gasteiger partial charge in [-0.1, -0.05) is 277 Å². The summed E-state index contributed by atoms with van der Waals surface area (Å²) in [5.74, 6) is -2.28. The molecule has 102 heavy (non-hydrogen) atoms. The molecule has 0 fully saturated rings. The molecule has 5 unspecified atom stereocenters. The molecule has 0 saturated carbocycles. The minimum atomic E-state index is -5.00. The molecule has 5 atom stereocenters. The third kappa shape index (κ3) is 73.5. The predicted octanol–water partition coefficient (Wildman–Crippen LogP) is 22.9. The number of carbonyl (C=O) groups is 4. The van der Waals surface area contributed by atoms with E-state index in [0.717, 1.165) is 154 Å². The highest BCUT2D eigenvalue weighted by molar-refractivity contribution is 7.47. The van der Waals surface area contributed by atoms with Gasteiger partial charge in [0.1, 0.15) is 19.3 Å². The van der Waals surface area contributed by atoms with Gasteiger partial charge in [-0.3, -0.25) is 37.3 Å².